The number of rotatable bonds is 6. The van der Waals surface area contributed by atoms with Crippen molar-refractivity contribution in [3.63, 3.8) is 0 Å². The third kappa shape index (κ3) is 4.45. The van der Waals surface area contributed by atoms with Gasteiger partial charge in [-0.3, -0.25) is 4.79 Å². The van der Waals surface area contributed by atoms with Gasteiger partial charge in [0.2, 0.25) is 5.91 Å². The first-order valence-electron chi connectivity index (χ1n) is 10.4. The monoisotopic (exact) mass is 413 g/mol. The molecule has 0 aliphatic heterocycles. The lowest BCUT2D eigenvalue weighted by atomic mass is 10.1. The minimum atomic E-state index is -0.0927. The Morgan fingerprint density at radius 1 is 0.968 bits per heavy atom. The largest absolute Gasteiger partial charge is 0.485 e. The number of hydrogen-bond acceptors (Lipinski definition) is 3. The molecule has 1 aromatic heterocycles. The normalized spacial score (nSPS) is 11.0. The maximum absolute atomic E-state index is 12.9. The first-order valence-corrected chi connectivity index (χ1v) is 10.4. The number of carbonyl (C=O) groups is 1. The molecule has 1 amide bonds. The molecule has 0 bridgehead atoms. The summed E-state index contributed by atoms with van der Waals surface area (Å²) in [6, 6.07) is 19.9. The van der Waals surface area contributed by atoms with Gasteiger partial charge in [-0.25, -0.2) is 4.98 Å². The standard InChI is InChI=1S/C26H27N3O2/c1-17-12-13-19(3)24(14-17)31-16-25-27-22-9-5-6-11-23(22)29(25)15-26(30)28-21-10-7-8-18(2)20(21)4/h5-14H,15-16H2,1-4H3,(H,28,30). The number of nitrogens with one attached hydrogen (secondary N) is 1. The fraction of sp³-hybridized carbons (Fsp3) is 0.231. The van der Waals surface area contributed by atoms with Crippen LogP contribution in [0.25, 0.3) is 11.0 Å². The molecule has 5 nitrogen and oxygen atoms in total. The van der Waals surface area contributed by atoms with Crippen molar-refractivity contribution < 1.29 is 9.53 Å². The third-order valence-electron chi connectivity index (χ3n) is 5.61. The van der Waals surface area contributed by atoms with Gasteiger partial charge >= 0.3 is 0 Å². The van der Waals surface area contributed by atoms with Crippen molar-refractivity contribution >= 4 is 22.6 Å². The van der Waals surface area contributed by atoms with E-state index >= 15 is 0 Å². The van der Waals surface area contributed by atoms with Gasteiger partial charge in [-0.05, 0) is 74.2 Å². The Bertz CT molecular complexity index is 1260. The first kappa shape index (κ1) is 20.7. The Balaban J connectivity index is 1.59. The molecule has 0 radical (unpaired) electrons. The maximum atomic E-state index is 12.9. The molecular formula is C26H27N3O2. The quantitative estimate of drug-likeness (QED) is 0.455. The van der Waals surface area contributed by atoms with Gasteiger partial charge in [-0.1, -0.05) is 36.4 Å². The number of nitrogens with zero attached hydrogens (tertiary/aromatic N) is 2. The number of amides is 1. The van der Waals surface area contributed by atoms with Gasteiger partial charge in [0.15, 0.2) is 0 Å². The van der Waals surface area contributed by atoms with Crippen molar-refractivity contribution in [1.82, 2.24) is 9.55 Å². The van der Waals surface area contributed by atoms with E-state index in [2.05, 4.69) is 11.4 Å². The van der Waals surface area contributed by atoms with E-state index in [1.807, 2.05) is 86.9 Å². The summed E-state index contributed by atoms with van der Waals surface area (Å²) < 4.78 is 8.03. The highest BCUT2D eigenvalue weighted by atomic mass is 16.5. The predicted molar refractivity (Wildman–Crippen MR) is 125 cm³/mol. The highest BCUT2D eigenvalue weighted by Crippen LogP contribution is 2.23. The molecule has 3 aromatic carbocycles. The zero-order valence-corrected chi connectivity index (χ0v) is 18.4. The molecule has 0 fully saturated rings. The number of carbonyl (C=O) groups excluding carboxylic acids is 1. The van der Waals surface area contributed by atoms with Crippen LogP contribution in [0.4, 0.5) is 5.69 Å². The van der Waals surface area contributed by atoms with Crippen molar-refractivity contribution in [2.75, 3.05) is 5.32 Å². The Morgan fingerprint density at radius 3 is 2.61 bits per heavy atom. The van der Waals surface area contributed by atoms with E-state index in [0.717, 1.165) is 50.5 Å². The molecule has 1 N–H and O–H groups in total. The Kier molecular flexibility index (Phi) is 5.76. The summed E-state index contributed by atoms with van der Waals surface area (Å²) in [4.78, 5) is 17.6. The summed E-state index contributed by atoms with van der Waals surface area (Å²) >= 11 is 0. The maximum Gasteiger partial charge on any atom is 0.244 e. The van der Waals surface area contributed by atoms with Crippen molar-refractivity contribution in [1.29, 1.82) is 0 Å². The van der Waals surface area contributed by atoms with Crippen LogP contribution in [0.3, 0.4) is 0 Å². The van der Waals surface area contributed by atoms with E-state index < -0.39 is 0 Å². The number of hydrogen-bond donors (Lipinski definition) is 1. The van der Waals surface area contributed by atoms with Crippen LogP contribution in [0.1, 0.15) is 28.1 Å². The summed E-state index contributed by atoms with van der Waals surface area (Å²) in [5.74, 6) is 1.46. The van der Waals surface area contributed by atoms with Gasteiger partial charge in [-0.15, -0.1) is 0 Å². The average molecular weight is 414 g/mol. The minimum Gasteiger partial charge on any atom is -0.485 e. The Hall–Kier alpha value is -3.60. The van der Waals surface area contributed by atoms with Crippen molar-refractivity contribution in [2.24, 2.45) is 0 Å². The van der Waals surface area contributed by atoms with Crippen molar-refractivity contribution in [3.8, 4) is 5.75 Å². The summed E-state index contributed by atoms with van der Waals surface area (Å²) in [5, 5.41) is 3.04. The van der Waals surface area contributed by atoms with Crippen LogP contribution in [-0.4, -0.2) is 15.5 Å². The van der Waals surface area contributed by atoms with Gasteiger partial charge in [0.25, 0.3) is 0 Å². The fourth-order valence-electron chi connectivity index (χ4n) is 3.64. The van der Waals surface area contributed by atoms with E-state index in [1.54, 1.807) is 0 Å². The molecule has 4 aromatic rings. The number of benzene rings is 3. The summed E-state index contributed by atoms with van der Waals surface area (Å²) in [5.41, 5.74) is 7.03. The lowest BCUT2D eigenvalue weighted by Crippen LogP contribution is -2.21. The Labute approximate surface area is 182 Å². The van der Waals surface area contributed by atoms with Crippen LogP contribution in [0, 0.1) is 27.7 Å². The number of para-hydroxylation sites is 2. The number of fused-ring (bicyclic) bond motifs is 1. The van der Waals surface area contributed by atoms with E-state index in [9.17, 15) is 4.79 Å². The van der Waals surface area contributed by atoms with Crippen LogP contribution >= 0.6 is 0 Å². The van der Waals surface area contributed by atoms with Gasteiger partial charge in [-0.2, -0.15) is 0 Å². The number of ether oxygens (including phenoxy) is 1. The molecule has 0 aliphatic carbocycles. The smallest absolute Gasteiger partial charge is 0.244 e. The van der Waals surface area contributed by atoms with Gasteiger partial charge in [0, 0.05) is 5.69 Å². The molecular weight excluding hydrogens is 386 g/mol. The van der Waals surface area contributed by atoms with Crippen LogP contribution < -0.4 is 10.1 Å². The fourth-order valence-corrected chi connectivity index (χ4v) is 3.64. The number of aromatic nitrogens is 2. The van der Waals surface area contributed by atoms with Crippen LogP contribution in [0.2, 0.25) is 0 Å². The highest BCUT2D eigenvalue weighted by Gasteiger charge is 2.15. The summed E-state index contributed by atoms with van der Waals surface area (Å²) in [6.07, 6.45) is 0. The molecule has 0 saturated carbocycles. The van der Waals surface area contributed by atoms with E-state index in [0.29, 0.717) is 0 Å². The molecule has 0 aliphatic rings. The Morgan fingerprint density at radius 2 is 1.77 bits per heavy atom. The van der Waals surface area contributed by atoms with Gasteiger partial charge < -0.3 is 14.6 Å². The molecule has 31 heavy (non-hydrogen) atoms. The van der Waals surface area contributed by atoms with Crippen LogP contribution in [0.15, 0.2) is 60.7 Å². The van der Waals surface area contributed by atoms with Crippen LogP contribution in [-0.2, 0) is 17.9 Å². The van der Waals surface area contributed by atoms with Gasteiger partial charge in [0.1, 0.15) is 24.7 Å². The van der Waals surface area contributed by atoms with Crippen LogP contribution in [0.5, 0.6) is 5.75 Å². The number of aryl methyl sites for hydroxylation is 3. The molecule has 5 heteroatoms. The molecule has 1 heterocycles. The number of imidazole rings is 1. The predicted octanol–water partition coefficient (Wildman–Crippen LogP) is 5.49. The van der Waals surface area contributed by atoms with E-state index in [4.69, 9.17) is 9.72 Å². The van der Waals surface area contributed by atoms with Crippen molar-refractivity contribution in [2.45, 2.75) is 40.8 Å². The van der Waals surface area contributed by atoms with Gasteiger partial charge in [0.05, 0.1) is 11.0 Å². The molecule has 0 spiro atoms. The SMILES string of the molecule is Cc1ccc(C)c(OCc2nc3ccccc3n2CC(=O)Nc2cccc(C)c2C)c1. The summed E-state index contributed by atoms with van der Waals surface area (Å²) in [7, 11) is 0. The topological polar surface area (TPSA) is 56.2 Å². The average Bonchev–Trinajstić information content (AvgIpc) is 3.09. The zero-order chi connectivity index (χ0) is 22.0. The lowest BCUT2D eigenvalue weighted by molar-refractivity contribution is -0.116. The van der Waals surface area contributed by atoms with E-state index in [1.165, 1.54) is 0 Å². The molecule has 0 unspecified atom stereocenters. The minimum absolute atomic E-state index is 0.0927. The summed E-state index contributed by atoms with van der Waals surface area (Å²) in [6.45, 7) is 8.57. The third-order valence-corrected chi connectivity index (χ3v) is 5.61. The molecule has 0 saturated heterocycles. The molecule has 4 rings (SSSR count). The van der Waals surface area contributed by atoms with Crippen molar-refractivity contribution in [3.05, 3.63) is 88.7 Å². The second kappa shape index (κ2) is 8.64. The van der Waals surface area contributed by atoms with E-state index in [-0.39, 0.29) is 19.1 Å². The first-order chi connectivity index (χ1) is 14.9. The highest BCUT2D eigenvalue weighted by molar-refractivity contribution is 5.92. The second-order valence-corrected chi connectivity index (χ2v) is 7.96. The molecule has 158 valence electrons. The zero-order valence-electron chi connectivity index (χ0n) is 18.4. The molecule has 0 atom stereocenters. The second-order valence-electron chi connectivity index (χ2n) is 7.96. The lowest BCUT2D eigenvalue weighted by Gasteiger charge is -2.14. The number of anilines is 1.